The second-order valence-corrected chi connectivity index (χ2v) is 15.2. The molecule has 0 saturated carbocycles. The number of aromatic nitrogens is 2. The fourth-order valence-corrected chi connectivity index (χ4v) is 9.73. The molecule has 0 N–H and O–H groups in total. The summed E-state index contributed by atoms with van der Waals surface area (Å²) < 4.78 is 17.9. The minimum atomic E-state index is -2.45. The van der Waals surface area contributed by atoms with Gasteiger partial charge in [0.05, 0.1) is 11.0 Å². The quantitative estimate of drug-likeness (QED) is 0.0377. The molecule has 2 aromatic heterocycles. The van der Waals surface area contributed by atoms with Gasteiger partial charge in [-0.3, -0.25) is 9.97 Å². The molecule has 0 spiro atoms. The molecule has 2 aromatic carbocycles. The summed E-state index contributed by atoms with van der Waals surface area (Å²) in [6.45, 7) is 8.11. The summed E-state index contributed by atoms with van der Waals surface area (Å²) >= 11 is 1.99. The molecule has 43 heavy (non-hydrogen) atoms. The average molecular weight is 621 g/mol. The van der Waals surface area contributed by atoms with Gasteiger partial charge in [0.25, 0.3) is 0 Å². The maximum absolute atomic E-state index is 5.97. The molecule has 2 heterocycles. The standard InChI is InChI=1S/C36H52N2O3SSi/c1-4-39-43(40-5-2,41-6-3)28-18-16-14-12-10-8-7-9-11-13-15-17-27-42-30-23-24-31-32-21-19-25-37-35(32)36-33(34(31)29-30)22-20-26-38-36/h19-26,29H,4-18,27-28H2,1-3H3. The van der Waals surface area contributed by atoms with Crippen LogP contribution in [0.3, 0.4) is 0 Å². The zero-order valence-electron chi connectivity index (χ0n) is 26.7. The van der Waals surface area contributed by atoms with Crippen LogP contribution in [0.15, 0.2) is 59.8 Å². The van der Waals surface area contributed by atoms with Crippen LogP contribution >= 0.6 is 11.8 Å². The van der Waals surface area contributed by atoms with Crippen LogP contribution < -0.4 is 0 Å². The largest absolute Gasteiger partial charge is 0.500 e. The summed E-state index contributed by atoms with van der Waals surface area (Å²) in [6, 6.07) is 16.2. The second kappa shape index (κ2) is 18.7. The number of thioether (sulfide) groups is 1. The third kappa shape index (κ3) is 9.98. The molecule has 4 aromatic rings. The Hall–Kier alpha value is -2.03. The second-order valence-electron chi connectivity index (χ2n) is 11.3. The van der Waals surface area contributed by atoms with Gasteiger partial charge in [-0.05, 0) is 74.4 Å². The molecule has 0 amide bonds. The molecular formula is C36H52N2O3SSi. The summed E-state index contributed by atoms with van der Waals surface area (Å²) in [7, 11) is -2.45. The van der Waals surface area contributed by atoms with Gasteiger partial charge in [-0.1, -0.05) is 82.4 Å². The first-order chi connectivity index (χ1) is 21.2. The highest BCUT2D eigenvalue weighted by atomic mass is 32.2. The number of fused-ring (bicyclic) bond motifs is 6. The Balaban J connectivity index is 1.05. The number of hydrogen-bond donors (Lipinski definition) is 0. The molecule has 0 aliphatic heterocycles. The monoisotopic (exact) mass is 620 g/mol. The summed E-state index contributed by atoms with van der Waals surface area (Å²) in [4.78, 5) is 10.7. The molecule has 0 atom stereocenters. The van der Waals surface area contributed by atoms with Crippen molar-refractivity contribution in [3.05, 3.63) is 54.9 Å². The molecule has 0 aliphatic rings. The van der Waals surface area contributed by atoms with Gasteiger partial charge in [0.15, 0.2) is 0 Å². The highest BCUT2D eigenvalue weighted by Gasteiger charge is 2.39. The molecule has 0 saturated heterocycles. The molecule has 234 valence electrons. The van der Waals surface area contributed by atoms with Crippen molar-refractivity contribution in [2.75, 3.05) is 25.6 Å². The number of unbranched alkanes of at least 4 members (excludes halogenated alkanes) is 11. The molecule has 0 radical (unpaired) electrons. The first kappa shape index (κ1) is 33.9. The molecule has 7 heteroatoms. The van der Waals surface area contributed by atoms with Crippen molar-refractivity contribution in [2.45, 2.75) is 109 Å². The average Bonchev–Trinajstić information content (AvgIpc) is 3.03. The highest BCUT2D eigenvalue weighted by molar-refractivity contribution is 7.99. The van der Waals surface area contributed by atoms with Gasteiger partial charge in [-0.2, -0.15) is 0 Å². The van der Waals surface area contributed by atoms with Crippen LogP contribution in [0, 0.1) is 0 Å². The van der Waals surface area contributed by atoms with E-state index in [0.717, 1.165) is 23.5 Å². The zero-order valence-corrected chi connectivity index (χ0v) is 28.6. The molecular weight excluding hydrogens is 569 g/mol. The molecule has 5 nitrogen and oxygen atoms in total. The lowest BCUT2D eigenvalue weighted by Gasteiger charge is -2.28. The molecule has 0 aliphatic carbocycles. The van der Waals surface area contributed by atoms with E-state index in [4.69, 9.17) is 13.3 Å². The van der Waals surface area contributed by atoms with Crippen molar-refractivity contribution < 1.29 is 13.3 Å². The van der Waals surface area contributed by atoms with Gasteiger partial charge < -0.3 is 13.3 Å². The lowest BCUT2D eigenvalue weighted by molar-refractivity contribution is 0.0706. The van der Waals surface area contributed by atoms with Crippen LogP contribution in [-0.4, -0.2) is 44.3 Å². The van der Waals surface area contributed by atoms with Gasteiger partial charge in [0, 0.05) is 53.9 Å². The van der Waals surface area contributed by atoms with E-state index in [9.17, 15) is 0 Å². The van der Waals surface area contributed by atoms with Gasteiger partial charge in [0.2, 0.25) is 0 Å². The Labute approximate surface area is 264 Å². The zero-order chi connectivity index (χ0) is 30.2. The Bertz CT molecular complexity index is 1330. The minimum absolute atomic E-state index is 0.670. The van der Waals surface area contributed by atoms with Gasteiger partial charge in [-0.25, -0.2) is 0 Å². The Morgan fingerprint density at radius 3 is 1.58 bits per heavy atom. The van der Waals surface area contributed by atoms with Gasteiger partial charge in [-0.15, -0.1) is 11.8 Å². The predicted octanol–water partition coefficient (Wildman–Crippen LogP) is 10.8. The maximum atomic E-state index is 5.97. The third-order valence-electron chi connectivity index (χ3n) is 8.15. The van der Waals surface area contributed by atoms with Crippen molar-refractivity contribution in [3.63, 3.8) is 0 Å². The van der Waals surface area contributed by atoms with Gasteiger partial charge in [0.1, 0.15) is 0 Å². The lowest BCUT2D eigenvalue weighted by Crippen LogP contribution is -2.45. The van der Waals surface area contributed by atoms with Crippen LogP contribution in [0.4, 0.5) is 0 Å². The van der Waals surface area contributed by atoms with E-state index in [1.165, 1.54) is 103 Å². The van der Waals surface area contributed by atoms with Crippen molar-refractivity contribution in [2.24, 2.45) is 0 Å². The normalized spacial score (nSPS) is 12.2. The Morgan fingerprint density at radius 2 is 1.05 bits per heavy atom. The SMILES string of the molecule is CCO[Si](CCCCCCCCCCCCCCSc1ccc2c(c1)c1cccnc1c1ncccc21)(OCC)OCC. The Kier molecular flexibility index (Phi) is 14.7. The van der Waals surface area contributed by atoms with E-state index in [2.05, 4.69) is 40.3 Å². The molecule has 0 fully saturated rings. The molecule has 4 rings (SSSR count). The number of nitrogens with zero attached hydrogens (tertiary/aromatic N) is 2. The lowest BCUT2D eigenvalue weighted by atomic mass is 10.0. The molecule has 0 bridgehead atoms. The van der Waals surface area contributed by atoms with Crippen LogP contribution in [-0.2, 0) is 13.3 Å². The van der Waals surface area contributed by atoms with E-state index in [1.807, 2.05) is 57.1 Å². The highest BCUT2D eigenvalue weighted by Crippen LogP contribution is 2.35. The number of pyridine rings is 2. The number of rotatable bonds is 22. The number of benzene rings is 2. The summed E-state index contributed by atoms with van der Waals surface area (Å²) in [5, 5.41) is 4.91. The van der Waals surface area contributed by atoms with E-state index in [-0.39, 0.29) is 0 Å². The van der Waals surface area contributed by atoms with E-state index in [1.54, 1.807) is 0 Å². The third-order valence-corrected chi connectivity index (χ3v) is 12.4. The summed E-state index contributed by atoms with van der Waals surface area (Å²) in [5.41, 5.74) is 1.98. The topological polar surface area (TPSA) is 53.5 Å². The van der Waals surface area contributed by atoms with Crippen LogP contribution in [0.25, 0.3) is 32.6 Å². The van der Waals surface area contributed by atoms with Crippen molar-refractivity contribution in [1.82, 2.24) is 9.97 Å². The van der Waals surface area contributed by atoms with Crippen LogP contribution in [0.2, 0.25) is 6.04 Å². The Morgan fingerprint density at radius 1 is 0.558 bits per heavy atom. The van der Waals surface area contributed by atoms with Crippen molar-refractivity contribution in [3.8, 4) is 0 Å². The predicted molar refractivity (Wildman–Crippen MR) is 186 cm³/mol. The minimum Gasteiger partial charge on any atom is -0.374 e. The summed E-state index contributed by atoms with van der Waals surface area (Å²) in [5.74, 6) is 1.18. The van der Waals surface area contributed by atoms with E-state index < -0.39 is 8.80 Å². The number of hydrogen-bond acceptors (Lipinski definition) is 6. The summed E-state index contributed by atoms with van der Waals surface area (Å²) in [6.07, 6.45) is 19.6. The fourth-order valence-electron chi connectivity index (χ4n) is 6.10. The fraction of sp³-hybridized carbons (Fsp3) is 0.556. The van der Waals surface area contributed by atoms with Crippen LogP contribution in [0.1, 0.15) is 97.8 Å². The van der Waals surface area contributed by atoms with E-state index in [0.29, 0.717) is 19.8 Å². The maximum Gasteiger partial charge on any atom is 0.500 e. The van der Waals surface area contributed by atoms with Crippen molar-refractivity contribution in [1.29, 1.82) is 0 Å². The van der Waals surface area contributed by atoms with Crippen molar-refractivity contribution >= 4 is 53.1 Å². The first-order valence-electron chi connectivity index (χ1n) is 16.8. The first-order valence-corrected chi connectivity index (χ1v) is 19.7. The van der Waals surface area contributed by atoms with Crippen LogP contribution in [0.5, 0.6) is 0 Å². The smallest absolute Gasteiger partial charge is 0.374 e. The van der Waals surface area contributed by atoms with Gasteiger partial charge >= 0.3 is 8.80 Å². The van der Waals surface area contributed by atoms with E-state index >= 15 is 0 Å². The molecule has 0 unspecified atom stereocenters.